The van der Waals surface area contributed by atoms with E-state index in [0.29, 0.717) is 17.6 Å². The number of nitrogens with zero attached hydrogens (tertiary/aromatic N) is 2. The molecule has 18 heavy (non-hydrogen) atoms. The molecule has 4 nitrogen and oxygen atoms in total. The highest BCUT2D eigenvalue weighted by Crippen LogP contribution is 2.26. The van der Waals surface area contributed by atoms with Gasteiger partial charge >= 0.3 is 0 Å². The van der Waals surface area contributed by atoms with Crippen LogP contribution in [0.1, 0.15) is 30.9 Å². The van der Waals surface area contributed by atoms with Gasteiger partial charge in [0, 0.05) is 6.07 Å². The van der Waals surface area contributed by atoms with Crippen molar-refractivity contribution in [1.29, 1.82) is 0 Å². The van der Waals surface area contributed by atoms with Crippen molar-refractivity contribution in [1.82, 2.24) is 9.97 Å². The normalized spacial score (nSPS) is 10.7. The van der Waals surface area contributed by atoms with Crippen LogP contribution in [-0.4, -0.2) is 9.97 Å². The highest BCUT2D eigenvalue weighted by Gasteiger charge is 2.06. The van der Waals surface area contributed by atoms with Crippen LogP contribution in [0.5, 0.6) is 11.6 Å². The van der Waals surface area contributed by atoms with Crippen LogP contribution in [0, 0.1) is 6.92 Å². The van der Waals surface area contributed by atoms with Crippen LogP contribution in [0.4, 0.5) is 5.82 Å². The molecule has 0 spiro atoms. The summed E-state index contributed by atoms with van der Waals surface area (Å²) in [5.74, 6) is 2.12. The van der Waals surface area contributed by atoms with Crippen molar-refractivity contribution in [2.75, 3.05) is 5.73 Å². The summed E-state index contributed by atoms with van der Waals surface area (Å²) in [6.45, 7) is 6.43. The van der Waals surface area contributed by atoms with Crippen LogP contribution >= 0.6 is 0 Å². The van der Waals surface area contributed by atoms with E-state index < -0.39 is 0 Å². The molecule has 94 valence electrons. The van der Waals surface area contributed by atoms with Crippen LogP contribution in [-0.2, 0) is 0 Å². The minimum Gasteiger partial charge on any atom is -0.439 e. The molecule has 1 aromatic heterocycles. The van der Waals surface area contributed by atoms with E-state index in [4.69, 9.17) is 10.5 Å². The third-order valence-electron chi connectivity index (χ3n) is 2.75. The van der Waals surface area contributed by atoms with Gasteiger partial charge in [-0.2, -0.15) is 0 Å². The summed E-state index contributed by atoms with van der Waals surface area (Å²) in [4.78, 5) is 7.83. The Morgan fingerprint density at radius 1 is 1.17 bits per heavy atom. The van der Waals surface area contributed by atoms with Crippen molar-refractivity contribution in [3.63, 3.8) is 0 Å². The standard InChI is InChI=1S/C14H17N3O/c1-9(2)12-5-4-11(6-10(12)3)18-14-7-13(15)16-8-17-14/h4-9H,1-3H3,(H2,15,16,17). The Balaban J connectivity index is 2.23. The zero-order valence-electron chi connectivity index (χ0n) is 10.8. The minimum absolute atomic E-state index is 0.399. The van der Waals surface area contributed by atoms with Crippen molar-refractivity contribution in [2.45, 2.75) is 26.7 Å². The van der Waals surface area contributed by atoms with E-state index in [9.17, 15) is 0 Å². The molecule has 2 aromatic rings. The molecule has 1 aromatic carbocycles. The maximum absolute atomic E-state index is 5.64. The van der Waals surface area contributed by atoms with Crippen LogP contribution in [0.2, 0.25) is 0 Å². The molecule has 4 heteroatoms. The highest BCUT2D eigenvalue weighted by molar-refractivity contribution is 5.39. The minimum atomic E-state index is 0.399. The summed E-state index contributed by atoms with van der Waals surface area (Å²) in [5, 5.41) is 0. The number of nitrogen functional groups attached to an aromatic ring is 1. The largest absolute Gasteiger partial charge is 0.439 e. The molecule has 0 atom stereocenters. The lowest BCUT2D eigenvalue weighted by Gasteiger charge is -2.11. The van der Waals surface area contributed by atoms with Gasteiger partial charge in [-0.3, -0.25) is 0 Å². The van der Waals surface area contributed by atoms with Gasteiger partial charge in [-0.25, -0.2) is 9.97 Å². The molecule has 0 aliphatic rings. The number of anilines is 1. The first-order valence-corrected chi connectivity index (χ1v) is 5.92. The Bertz CT molecular complexity index is 552. The molecule has 0 saturated heterocycles. The van der Waals surface area contributed by atoms with Gasteiger partial charge in [0.1, 0.15) is 17.9 Å². The first-order chi connectivity index (χ1) is 8.56. The van der Waals surface area contributed by atoms with E-state index in [2.05, 4.69) is 36.8 Å². The van der Waals surface area contributed by atoms with Crippen molar-refractivity contribution in [3.8, 4) is 11.6 Å². The summed E-state index contributed by atoms with van der Waals surface area (Å²) < 4.78 is 5.64. The molecule has 0 fully saturated rings. The predicted octanol–water partition coefficient (Wildman–Crippen LogP) is 3.28. The molecule has 2 rings (SSSR count). The number of nitrogens with two attached hydrogens (primary N) is 1. The Labute approximate surface area is 107 Å². The molecule has 0 amide bonds. The summed E-state index contributed by atoms with van der Waals surface area (Å²) >= 11 is 0. The zero-order valence-corrected chi connectivity index (χ0v) is 10.8. The van der Waals surface area contributed by atoms with E-state index in [1.807, 2.05) is 12.1 Å². The number of benzene rings is 1. The van der Waals surface area contributed by atoms with E-state index in [1.165, 1.54) is 17.5 Å². The van der Waals surface area contributed by atoms with Gasteiger partial charge in [-0.15, -0.1) is 0 Å². The SMILES string of the molecule is Cc1cc(Oc2cc(N)ncn2)ccc1C(C)C. The van der Waals surface area contributed by atoms with Gasteiger partial charge in [-0.1, -0.05) is 19.9 Å². The predicted molar refractivity (Wildman–Crippen MR) is 71.8 cm³/mol. The smallest absolute Gasteiger partial charge is 0.224 e. The summed E-state index contributed by atoms with van der Waals surface area (Å²) in [7, 11) is 0. The second-order valence-corrected chi connectivity index (χ2v) is 4.56. The fourth-order valence-corrected chi connectivity index (χ4v) is 1.89. The third kappa shape index (κ3) is 2.77. The third-order valence-corrected chi connectivity index (χ3v) is 2.75. The van der Waals surface area contributed by atoms with E-state index in [-0.39, 0.29) is 0 Å². The molecule has 0 saturated carbocycles. The second-order valence-electron chi connectivity index (χ2n) is 4.56. The molecule has 1 heterocycles. The number of aryl methyl sites for hydroxylation is 1. The molecule has 0 aliphatic carbocycles. The second kappa shape index (κ2) is 5.04. The average Bonchev–Trinajstić information content (AvgIpc) is 2.28. The average molecular weight is 243 g/mol. The quantitative estimate of drug-likeness (QED) is 0.898. The van der Waals surface area contributed by atoms with E-state index >= 15 is 0 Å². The molecule has 0 bridgehead atoms. The molecule has 0 radical (unpaired) electrons. The monoisotopic (exact) mass is 243 g/mol. The first kappa shape index (κ1) is 12.4. The van der Waals surface area contributed by atoms with Gasteiger partial charge in [0.05, 0.1) is 0 Å². The number of hydrogen-bond acceptors (Lipinski definition) is 4. The zero-order chi connectivity index (χ0) is 13.1. The van der Waals surface area contributed by atoms with Crippen LogP contribution in [0.25, 0.3) is 0 Å². The van der Waals surface area contributed by atoms with Gasteiger partial charge in [-0.05, 0) is 36.1 Å². The van der Waals surface area contributed by atoms with E-state index in [1.54, 1.807) is 6.07 Å². The Morgan fingerprint density at radius 3 is 2.56 bits per heavy atom. The molecular weight excluding hydrogens is 226 g/mol. The van der Waals surface area contributed by atoms with Crippen molar-refractivity contribution >= 4 is 5.82 Å². The maximum atomic E-state index is 5.64. The van der Waals surface area contributed by atoms with Gasteiger partial charge < -0.3 is 10.5 Å². The Morgan fingerprint density at radius 2 is 1.94 bits per heavy atom. The fraction of sp³-hybridized carbons (Fsp3) is 0.286. The molecule has 0 unspecified atom stereocenters. The van der Waals surface area contributed by atoms with Crippen molar-refractivity contribution in [2.24, 2.45) is 0 Å². The van der Waals surface area contributed by atoms with Crippen molar-refractivity contribution in [3.05, 3.63) is 41.7 Å². The number of ether oxygens (including phenoxy) is 1. The summed E-state index contributed by atoms with van der Waals surface area (Å²) in [5.41, 5.74) is 8.11. The molecular formula is C14H17N3O. The molecule has 0 aliphatic heterocycles. The van der Waals surface area contributed by atoms with Gasteiger partial charge in [0.15, 0.2) is 0 Å². The first-order valence-electron chi connectivity index (χ1n) is 5.92. The summed E-state index contributed by atoms with van der Waals surface area (Å²) in [6.07, 6.45) is 1.39. The lowest BCUT2D eigenvalue weighted by atomic mass is 9.98. The highest BCUT2D eigenvalue weighted by atomic mass is 16.5. The summed E-state index contributed by atoms with van der Waals surface area (Å²) in [6, 6.07) is 7.64. The Hall–Kier alpha value is -2.10. The van der Waals surface area contributed by atoms with Crippen LogP contribution in [0.3, 0.4) is 0 Å². The lowest BCUT2D eigenvalue weighted by molar-refractivity contribution is 0.461. The number of aromatic nitrogens is 2. The van der Waals surface area contributed by atoms with Gasteiger partial charge in [0.25, 0.3) is 0 Å². The topological polar surface area (TPSA) is 61.0 Å². The number of hydrogen-bond donors (Lipinski definition) is 1. The van der Waals surface area contributed by atoms with E-state index in [0.717, 1.165) is 5.75 Å². The number of rotatable bonds is 3. The van der Waals surface area contributed by atoms with Crippen LogP contribution < -0.4 is 10.5 Å². The Kier molecular flexibility index (Phi) is 3.46. The fourth-order valence-electron chi connectivity index (χ4n) is 1.89. The van der Waals surface area contributed by atoms with Crippen LogP contribution in [0.15, 0.2) is 30.6 Å². The van der Waals surface area contributed by atoms with Crippen molar-refractivity contribution < 1.29 is 4.74 Å². The lowest BCUT2D eigenvalue weighted by Crippen LogP contribution is -1.95. The molecule has 2 N–H and O–H groups in total. The van der Waals surface area contributed by atoms with Gasteiger partial charge in [0.2, 0.25) is 5.88 Å². The maximum Gasteiger partial charge on any atom is 0.224 e.